The Morgan fingerprint density at radius 2 is 2.16 bits per heavy atom. The largest absolute Gasteiger partial charge is 0.393 e. The molecule has 0 unspecified atom stereocenters. The minimum absolute atomic E-state index is 0.131. The fourth-order valence-corrected chi connectivity index (χ4v) is 2.67. The van der Waals surface area contributed by atoms with Gasteiger partial charge >= 0.3 is 0 Å². The molecule has 1 fully saturated rings. The van der Waals surface area contributed by atoms with Crippen molar-refractivity contribution in [1.82, 2.24) is 4.90 Å². The quantitative estimate of drug-likeness (QED) is 0.807. The second-order valence-corrected chi connectivity index (χ2v) is 5.84. The zero-order valence-corrected chi connectivity index (χ0v) is 11.8. The van der Waals surface area contributed by atoms with Gasteiger partial charge in [-0.2, -0.15) is 0 Å². The summed E-state index contributed by atoms with van der Waals surface area (Å²) in [6.07, 6.45) is 1.60. The molecule has 0 spiro atoms. The van der Waals surface area contributed by atoms with Crippen LogP contribution in [0.5, 0.6) is 0 Å². The predicted molar refractivity (Wildman–Crippen MR) is 77.4 cm³/mol. The first-order valence-corrected chi connectivity index (χ1v) is 6.80. The molecule has 0 saturated heterocycles. The second-order valence-electron chi connectivity index (χ2n) is 5.40. The van der Waals surface area contributed by atoms with Crippen LogP contribution >= 0.6 is 12.2 Å². The first-order chi connectivity index (χ1) is 8.94. The van der Waals surface area contributed by atoms with E-state index in [0.717, 1.165) is 24.9 Å². The van der Waals surface area contributed by atoms with Gasteiger partial charge in [-0.05, 0) is 49.6 Å². The zero-order valence-electron chi connectivity index (χ0n) is 11.0. The number of aliphatic hydroxyl groups excluding tert-OH is 1. The molecule has 104 valence electrons. The molecule has 2 rings (SSSR count). The molecule has 19 heavy (non-hydrogen) atoms. The summed E-state index contributed by atoms with van der Waals surface area (Å²) in [4.78, 5) is 2.35. The molecule has 0 heterocycles. The number of rotatable bonds is 5. The van der Waals surface area contributed by atoms with Crippen LogP contribution in [-0.2, 0) is 6.54 Å². The van der Waals surface area contributed by atoms with Crippen molar-refractivity contribution in [3.8, 4) is 0 Å². The summed E-state index contributed by atoms with van der Waals surface area (Å²) in [5.41, 5.74) is 6.97. The highest BCUT2D eigenvalue weighted by Gasteiger charge is 2.27. The Morgan fingerprint density at radius 1 is 1.47 bits per heavy atom. The molecular weight excluding hydrogens is 263 g/mol. The van der Waals surface area contributed by atoms with Gasteiger partial charge in [-0.15, -0.1) is 0 Å². The van der Waals surface area contributed by atoms with Gasteiger partial charge in [0.1, 0.15) is 10.8 Å². The van der Waals surface area contributed by atoms with Crippen LogP contribution in [0.2, 0.25) is 0 Å². The van der Waals surface area contributed by atoms with Gasteiger partial charge in [-0.3, -0.25) is 0 Å². The van der Waals surface area contributed by atoms with Crippen molar-refractivity contribution in [3.05, 3.63) is 35.1 Å². The highest BCUT2D eigenvalue weighted by molar-refractivity contribution is 7.80. The molecule has 0 radical (unpaired) electrons. The van der Waals surface area contributed by atoms with E-state index >= 15 is 0 Å². The van der Waals surface area contributed by atoms with E-state index in [2.05, 4.69) is 4.90 Å². The fraction of sp³-hybridized carbons (Fsp3) is 0.500. The zero-order chi connectivity index (χ0) is 14.0. The molecule has 0 atom stereocenters. The molecule has 3 N–H and O–H groups in total. The van der Waals surface area contributed by atoms with E-state index < -0.39 is 0 Å². The SMILES string of the molecule is CN(Cc1cc(F)cc(C(N)=S)c1)CC1CC(O)C1. The van der Waals surface area contributed by atoms with E-state index in [1.165, 1.54) is 12.1 Å². The number of hydrogen-bond donors (Lipinski definition) is 2. The Morgan fingerprint density at radius 3 is 2.74 bits per heavy atom. The highest BCUT2D eigenvalue weighted by atomic mass is 32.1. The number of hydrogen-bond acceptors (Lipinski definition) is 3. The van der Waals surface area contributed by atoms with E-state index in [1.54, 1.807) is 0 Å². The number of thiocarbonyl (C=S) groups is 1. The van der Waals surface area contributed by atoms with Crippen LogP contribution in [0.15, 0.2) is 18.2 Å². The smallest absolute Gasteiger partial charge is 0.124 e. The summed E-state index contributed by atoms with van der Waals surface area (Å²) in [6.45, 7) is 1.57. The first-order valence-electron chi connectivity index (χ1n) is 6.40. The summed E-state index contributed by atoms with van der Waals surface area (Å²) < 4.78 is 13.5. The fourth-order valence-electron chi connectivity index (χ4n) is 2.55. The Hall–Kier alpha value is -1.04. The van der Waals surface area contributed by atoms with Gasteiger partial charge in [0.15, 0.2) is 0 Å². The normalized spacial score (nSPS) is 22.3. The van der Waals surface area contributed by atoms with E-state index in [4.69, 9.17) is 18.0 Å². The van der Waals surface area contributed by atoms with Crippen LogP contribution in [0.4, 0.5) is 4.39 Å². The molecule has 1 aliphatic rings. The van der Waals surface area contributed by atoms with Gasteiger partial charge in [0.05, 0.1) is 6.10 Å². The average molecular weight is 282 g/mol. The van der Waals surface area contributed by atoms with Crippen LogP contribution in [0.3, 0.4) is 0 Å². The maximum absolute atomic E-state index is 13.5. The lowest BCUT2D eigenvalue weighted by Crippen LogP contribution is -2.36. The van der Waals surface area contributed by atoms with E-state index in [9.17, 15) is 9.50 Å². The van der Waals surface area contributed by atoms with Gasteiger partial charge < -0.3 is 15.7 Å². The summed E-state index contributed by atoms with van der Waals surface area (Å²) in [6, 6.07) is 4.69. The van der Waals surface area contributed by atoms with Crippen molar-refractivity contribution in [2.45, 2.75) is 25.5 Å². The summed E-state index contributed by atoms with van der Waals surface area (Å²) >= 11 is 4.88. The Labute approximate surface area is 118 Å². The van der Waals surface area contributed by atoms with Crippen LogP contribution in [0.1, 0.15) is 24.0 Å². The topological polar surface area (TPSA) is 49.5 Å². The maximum atomic E-state index is 13.5. The standard InChI is InChI=1S/C14H19FN2OS/c1-17(8-10-4-13(18)5-10)7-9-2-11(14(16)19)6-12(15)3-9/h2-3,6,10,13,18H,4-5,7-8H2,1H3,(H2,16,19). The van der Waals surface area contributed by atoms with Crippen molar-refractivity contribution < 1.29 is 9.50 Å². The summed E-state index contributed by atoms with van der Waals surface area (Å²) in [5, 5.41) is 9.26. The molecule has 1 aromatic carbocycles. The second kappa shape index (κ2) is 5.94. The van der Waals surface area contributed by atoms with Gasteiger partial charge in [0, 0.05) is 18.7 Å². The van der Waals surface area contributed by atoms with Gasteiger partial charge in [-0.1, -0.05) is 12.2 Å². The van der Waals surface area contributed by atoms with Crippen molar-refractivity contribution in [2.24, 2.45) is 11.7 Å². The molecule has 3 nitrogen and oxygen atoms in total. The number of aliphatic hydroxyl groups is 1. The average Bonchev–Trinajstić information content (AvgIpc) is 2.25. The lowest BCUT2D eigenvalue weighted by molar-refractivity contribution is 0.0274. The van der Waals surface area contributed by atoms with Crippen molar-refractivity contribution in [3.63, 3.8) is 0 Å². The third-order valence-corrected chi connectivity index (χ3v) is 3.71. The van der Waals surface area contributed by atoms with Crippen LogP contribution in [0, 0.1) is 11.7 Å². The molecule has 1 saturated carbocycles. The first kappa shape index (κ1) is 14.4. The van der Waals surface area contributed by atoms with Gasteiger partial charge in [-0.25, -0.2) is 4.39 Å². The van der Waals surface area contributed by atoms with Crippen LogP contribution in [0.25, 0.3) is 0 Å². The van der Waals surface area contributed by atoms with E-state index in [1.807, 2.05) is 13.1 Å². The van der Waals surface area contributed by atoms with Crippen molar-refractivity contribution in [2.75, 3.05) is 13.6 Å². The number of nitrogens with two attached hydrogens (primary N) is 1. The Bertz CT molecular complexity index is 475. The molecule has 5 heteroatoms. The molecule has 0 aliphatic heterocycles. The number of halogens is 1. The third kappa shape index (κ3) is 3.96. The maximum Gasteiger partial charge on any atom is 0.124 e. The van der Waals surface area contributed by atoms with Crippen LogP contribution < -0.4 is 5.73 Å². The minimum Gasteiger partial charge on any atom is -0.393 e. The molecule has 0 amide bonds. The Balaban J connectivity index is 1.96. The summed E-state index contributed by atoms with van der Waals surface area (Å²) in [5.74, 6) is 0.233. The molecule has 0 aromatic heterocycles. The minimum atomic E-state index is -0.312. The van der Waals surface area contributed by atoms with Crippen molar-refractivity contribution >= 4 is 17.2 Å². The number of benzene rings is 1. The van der Waals surface area contributed by atoms with Gasteiger partial charge in [0.2, 0.25) is 0 Å². The van der Waals surface area contributed by atoms with Crippen molar-refractivity contribution in [1.29, 1.82) is 0 Å². The van der Waals surface area contributed by atoms with E-state index in [0.29, 0.717) is 18.0 Å². The highest BCUT2D eigenvalue weighted by Crippen LogP contribution is 2.28. The number of nitrogens with zero attached hydrogens (tertiary/aromatic N) is 1. The molecule has 1 aliphatic carbocycles. The molecule has 0 bridgehead atoms. The van der Waals surface area contributed by atoms with E-state index in [-0.39, 0.29) is 16.9 Å². The lowest BCUT2D eigenvalue weighted by atomic mass is 9.82. The lowest BCUT2D eigenvalue weighted by Gasteiger charge is -2.34. The predicted octanol–water partition coefficient (Wildman–Crippen LogP) is 1.66. The van der Waals surface area contributed by atoms with Crippen LogP contribution in [-0.4, -0.2) is 34.7 Å². The summed E-state index contributed by atoms with van der Waals surface area (Å²) in [7, 11) is 2.00. The monoisotopic (exact) mass is 282 g/mol. The molecule has 1 aromatic rings. The Kier molecular flexibility index (Phi) is 4.50. The molecular formula is C14H19FN2OS. The van der Waals surface area contributed by atoms with Gasteiger partial charge in [0.25, 0.3) is 0 Å². The third-order valence-electron chi connectivity index (χ3n) is 3.48.